The van der Waals surface area contributed by atoms with Gasteiger partial charge in [-0.1, -0.05) is 6.07 Å². The molecule has 170 valence electrons. The zero-order valence-electron chi connectivity index (χ0n) is 18.0. The number of carbonyl (C=O) groups is 1. The summed E-state index contributed by atoms with van der Waals surface area (Å²) in [5.41, 5.74) is 0.718. The number of aromatic nitrogens is 1. The van der Waals surface area contributed by atoms with E-state index in [1.807, 2.05) is 0 Å². The number of oxazole rings is 1. The molecule has 0 bridgehead atoms. The van der Waals surface area contributed by atoms with Crippen molar-refractivity contribution in [2.24, 2.45) is 0 Å². The van der Waals surface area contributed by atoms with Crippen LogP contribution in [0.1, 0.15) is 18.7 Å². The zero-order valence-corrected chi connectivity index (χ0v) is 18.8. The Balaban J connectivity index is 1.40. The third-order valence-electron chi connectivity index (χ3n) is 4.80. The molecular weight excluding hydrogens is 435 g/mol. The molecule has 3 rings (SSSR count). The van der Waals surface area contributed by atoms with Crippen LogP contribution in [0.4, 0.5) is 4.39 Å². The van der Waals surface area contributed by atoms with E-state index in [0.717, 1.165) is 11.8 Å². The molecule has 0 radical (unpaired) electrons. The van der Waals surface area contributed by atoms with Gasteiger partial charge in [-0.05, 0) is 48.9 Å². The number of carbonyl (C=O) groups excluding carboxylic acids is 1. The second-order valence-electron chi connectivity index (χ2n) is 7.39. The molecule has 1 heterocycles. The summed E-state index contributed by atoms with van der Waals surface area (Å²) in [5.74, 6) is 1.07. The molecule has 1 aromatic heterocycles. The molecule has 0 fully saturated rings. The Morgan fingerprint density at radius 3 is 2.66 bits per heavy atom. The number of rotatable bonds is 10. The van der Waals surface area contributed by atoms with Gasteiger partial charge in [0.15, 0.2) is 21.5 Å². The van der Waals surface area contributed by atoms with Crippen molar-refractivity contribution in [1.82, 2.24) is 9.88 Å². The molecule has 0 atom stereocenters. The van der Waals surface area contributed by atoms with Gasteiger partial charge in [-0.15, -0.1) is 0 Å². The number of halogens is 1. The summed E-state index contributed by atoms with van der Waals surface area (Å²) >= 11 is 0. The van der Waals surface area contributed by atoms with Crippen LogP contribution in [-0.2, 0) is 21.1 Å². The highest BCUT2D eigenvalue weighted by Crippen LogP contribution is 2.21. The Bertz CT molecular complexity index is 1160. The fourth-order valence-electron chi connectivity index (χ4n) is 2.99. The maximum absolute atomic E-state index is 13.0. The number of nitrogens with zero attached hydrogens (tertiary/aromatic N) is 2. The van der Waals surface area contributed by atoms with E-state index in [4.69, 9.17) is 9.15 Å². The zero-order chi connectivity index (χ0) is 23.1. The van der Waals surface area contributed by atoms with Gasteiger partial charge in [0.2, 0.25) is 5.91 Å². The van der Waals surface area contributed by atoms with Gasteiger partial charge in [-0.3, -0.25) is 4.79 Å². The number of benzene rings is 2. The van der Waals surface area contributed by atoms with Crippen molar-refractivity contribution >= 4 is 15.7 Å². The first-order valence-corrected chi connectivity index (χ1v) is 12.0. The number of hydrogen-bond donors (Lipinski definition) is 0. The van der Waals surface area contributed by atoms with Crippen molar-refractivity contribution in [2.75, 3.05) is 26.5 Å². The first-order chi connectivity index (χ1) is 15.2. The molecular formula is C23H25FN2O5S. The molecule has 0 aliphatic rings. The average molecular weight is 461 g/mol. The van der Waals surface area contributed by atoms with Gasteiger partial charge < -0.3 is 14.1 Å². The van der Waals surface area contributed by atoms with Gasteiger partial charge in [0, 0.05) is 38.3 Å². The summed E-state index contributed by atoms with van der Waals surface area (Å²) in [5, 5.41) is 0. The van der Waals surface area contributed by atoms with E-state index in [2.05, 4.69) is 4.98 Å². The second kappa shape index (κ2) is 10.4. The van der Waals surface area contributed by atoms with Gasteiger partial charge >= 0.3 is 0 Å². The Morgan fingerprint density at radius 1 is 1.19 bits per heavy atom. The maximum Gasteiger partial charge on any atom is 0.222 e. The molecule has 0 saturated carbocycles. The van der Waals surface area contributed by atoms with Crippen molar-refractivity contribution in [3.8, 4) is 17.1 Å². The number of sulfone groups is 1. The van der Waals surface area contributed by atoms with Crippen molar-refractivity contribution in [1.29, 1.82) is 0 Å². The minimum absolute atomic E-state index is 0.0504. The first-order valence-electron chi connectivity index (χ1n) is 10.1. The lowest BCUT2D eigenvalue weighted by molar-refractivity contribution is -0.130. The highest BCUT2D eigenvalue weighted by atomic mass is 32.2. The van der Waals surface area contributed by atoms with Crippen molar-refractivity contribution in [2.45, 2.75) is 24.2 Å². The van der Waals surface area contributed by atoms with Gasteiger partial charge in [0.1, 0.15) is 11.6 Å². The number of amides is 1. The van der Waals surface area contributed by atoms with Gasteiger partial charge in [-0.25, -0.2) is 17.8 Å². The Labute approximate surface area is 186 Å². The van der Waals surface area contributed by atoms with Crippen LogP contribution in [0.25, 0.3) is 11.3 Å². The minimum atomic E-state index is -3.29. The second-order valence-corrected chi connectivity index (χ2v) is 9.41. The Morgan fingerprint density at radius 2 is 1.94 bits per heavy atom. The highest BCUT2D eigenvalue weighted by Gasteiger charge is 2.13. The normalized spacial score (nSPS) is 11.3. The SMILES string of the molecule is CN(CCCOc1cccc(S(C)(=O)=O)c1)C(=O)CCc1ncc(-c2ccc(F)cc2)o1. The van der Waals surface area contributed by atoms with E-state index < -0.39 is 9.84 Å². The molecule has 1 amide bonds. The summed E-state index contributed by atoms with van der Waals surface area (Å²) in [7, 11) is -1.57. The van der Waals surface area contributed by atoms with Crippen LogP contribution in [0.5, 0.6) is 5.75 Å². The fourth-order valence-corrected chi connectivity index (χ4v) is 3.65. The number of ether oxygens (including phenoxy) is 1. The lowest BCUT2D eigenvalue weighted by Crippen LogP contribution is -2.28. The summed E-state index contributed by atoms with van der Waals surface area (Å²) in [4.78, 5) is 18.4. The average Bonchev–Trinajstić information content (AvgIpc) is 3.24. The summed E-state index contributed by atoms with van der Waals surface area (Å²) < 4.78 is 47.5. The van der Waals surface area contributed by atoms with Crippen molar-refractivity contribution in [3.05, 3.63) is 66.4 Å². The van der Waals surface area contributed by atoms with E-state index in [1.165, 1.54) is 24.3 Å². The molecule has 3 aromatic rings. The van der Waals surface area contributed by atoms with E-state index in [-0.39, 0.29) is 23.0 Å². The molecule has 0 aliphatic heterocycles. The van der Waals surface area contributed by atoms with E-state index in [1.54, 1.807) is 42.4 Å². The van der Waals surface area contributed by atoms with E-state index >= 15 is 0 Å². The van der Waals surface area contributed by atoms with Crippen molar-refractivity contribution < 1.29 is 26.8 Å². The standard InChI is InChI=1S/C23H25FN2O5S/c1-26(13-4-14-30-19-5-3-6-20(15-19)32(2,28)29)23(27)12-11-22-25-16-21(31-22)17-7-9-18(24)10-8-17/h3,5-10,15-16H,4,11-14H2,1-2H3. The molecule has 2 aromatic carbocycles. The van der Waals surface area contributed by atoms with Gasteiger partial charge in [0.25, 0.3) is 0 Å². The van der Waals surface area contributed by atoms with Crippen LogP contribution in [0.2, 0.25) is 0 Å². The molecule has 9 heteroatoms. The molecule has 32 heavy (non-hydrogen) atoms. The summed E-state index contributed by atoms with van der Waals surface area (Å²) in [6, 6.07) is 12.2. The monoisotopic (exact) mass is 460 g/mol. The van der Waals surface area contributed by atoms with Crippen LogP contribution >= 0.6 is 0 Å². The Kier molecular flexibility index (Phi) is 7.63. The summed E-state index contributed by atoms with van der Waals surface area (Å²) in [6.07, 6.45) is 3.91. The number of aryl methyl sites for hydroxylation is 1. The fraction of sp³-hybridized carbons (Fsp3) is 0.304. The third-order valence-corrected chi connectivity index (χ3v) is 5.91. The third kappa shape index (κ3) is 6.65. The predicted molar refractivity (Wildman–Crippen MR) is 118 cm³/mol. The minimum Gasteiger partial charge on any atom is -0.493 e. The van der Waals surface area contributed by atoms with Crippen LogP contribution in [0.3, 0.4) is 0 Å². The molecule has 7 nitrogen and oxygen atoms in total. The maximum atomic E-state index is 13.0. The lowest BCUT2D eigenvalue weighted by Gasteiger charge is -2.17. The van der Waals surface area contributed by atoms with Crippen LogP contribution in [0, 0.1) is 5.82 Å². The number of hydrogen-bond acceptors (Lipinski definition) is 6. The first kappa shape index (κ1) is 23.5. The summed E-state index contributed by atoms with van der Waals surface area (Å²) in [6.45, 7) is 0.850. The predicted octanol–water partition coefficient (Wildman–Crippen LogP) is 3.74. The van der Waals surface area contributed by atoms with E-state index in [0.29, 0.717) is 43.4 Å². The largest absolute Gasteiger partial charge is 0.493 e. The van der Waals surface area contributed by atoms with E-state index in [9.17, 15) is 17.6 Å². The molecule has 0 aliphatic carbocycles. The Hall–Kier alpha value is -3.20. The van der Waals surface area contributed by atoms with Gasteiger partial charge in [-0.2, -0.15) is 0 Å². The van der Waals surface area contributed by atoms with Crippen LogP contribution < -0.4 is 4.74 Å². The smallest absolute Gasteiger partial charge is 0.222 e. The molecule has 0 spiro atoms. The quantitative estimate of drug-likeness (QED) is 0.428. The lowest BCUT2D eigenvalue weighted by atomic mass is 10.2. The van der Waals surface area contributed by atoms with Crippen LogP contribution in [-0.4, -0.2) is 50.7 Å². The molecule has 0 saturated heterocycles. The molecule has 0 N–H and O–H groups in total. The van der Waals surface area contributed by atoms with Crippen LogP contribution in [0.15, 0.2) is 64.0 Å². The molecule has 0 unspecified atom stereocenters. The van der Waals surface area contributed by atoms with Gasteiger partial charge in [0.05, 0.1) is 17.7 Å². The van der Waals surface area contributed by atoms with Crippen molar-refractivity contribution in [3.63, 3.8) is 0 Å². The highest BCUT2D eigenvalue weighted by molar-refractivity contribution is 7.90. The topological polar surface area (TPSA) is 89.7 Å².